The number of sulfonamides is 1. The average Bonchev–Trinajstić information content (AvgIpc) is 3.35. The molecule has 3 saturated heterocycles. The predicted molar refractivity (Wildman–Crippen MR) is 117 cm³/mol. The number of nitrogens with zero attached hydrogens (tertiary/aromatic N) is 3. The highest BCUT2D eigenvalue weighted by Crippen LogP contribution is 2.23. The Bertz CT molecular complexity index is 833. The average molecular weight is 452 g/mol. The van der Waals surface area contributed by atoms with Gasteiger partial charge >= 0.3 is 0 Å². The minimum absolute atomic E-state index is 0.0310. The molecule has 0 spiro atoms. The molecule has 0 aliphatic carbocycles. The molecule has 3 fully saturated rings. The van der Waals surface area contributed by atoms with E-state index in [9.17, 15) is 13.2 Å². The first-order valence-electron chi connectivity index (χ1n) is 11.4. The van der Waals surface area contributed by atoms with Crippen LogP contribution in [0.4, 0.5) is 0 Å². The van der Waals surface area contributed by atoms with E-state index in [4.69, 9.17) is 9.47 Å². The number of ether oxygens (including phenoxy) is 2. The fourth-order valence-electron chi connectivity index (χ4n) is 4.61. The Hall–Kier alpha value is -1.68. The van der Waals surface area contributed by atoms with E-state index in [1.807, 2.05) is 4.90 Å². The molecule has 1 atom stereocenters. The van der Waals surface area contributed by atoms with E-state index in [0.29, 0.717) is 45.2 Å². The lowest BCUT2D eigenvalue weighted by molar-refractivity contribution is -0.137. The predicted octanol–water partition coefficient (Wildman–Crippen LogP) is 1.56. The lowest BCUT2D eigenvalue weighted by Crippen LogP contribution is -2.51. The second-order valence-electron chi connectivity index (χ2n) is 8.42. The van der Waals surface area contributed by atoms with Crippen LogP contribution in [0.1, 0.15) is 32.1 Å². The molecule has 0 saturated carbocycles. The number of morpholine rings is 1. The number of carbonyl (C=O) groups excluding carboxylic acids is 1. The largest absolute Gasteiger partial charge is 0.492 e. The van der Waals surface area contributed by atoms with E-state index in [-0.39, 0.29) is 16.8 Å². The van der Waals surface area contributed by atoms with Crippen molar-refractivity contribution in [3.05, 3.63) is 24.3 Å². The van der Waals surface area contributed by atoms with E-state index in [0.717, 1.165) is 51.7 Å². The van der Waals surface area contributed by atoms with E-state index >= 15 is 0 Å². The Morgan fingerprint density at radius 2 is 1.65 bits per heavy atom. The zero-order valence-electron chi connectivity index (χ0n) is 18.1. The summed E-state index contributed by atoms with van der Waals surface area (Å²) in [6, 6.07) is 6.57. The van der Waals surface area contributed by atoms with Crippen LogP contribution in [0.25, 0.3) is 0 Å². The summed E-state index contributed by atoms with van der Waals surface area (Å²) in [5.74, 6) is 0.912. The fraction of sp³-hybridized carbons (Fsp3) is 0.682. The number of rotatable bonds is 7. The van der Waals surface area contributed by atoms with E-state index in [1.54, 1.807) is 24.3 Å². The monoisotopic (exact) mass is 451 g/mol. The third-order valence-corrected chi connectivity index (χ3v) is 8.31. The molecule has 3 aliphatic rings. The third kappa shape index (κ3) is 5.39. The summed E-state index contributed by atoms with van der Waals surface area (Å²) < 4.78 is 38.0. The van der Waals surface area contributed by atoms with Crippen molar-refractivity contribution in [2.75, 3.05) is 59.1 Å². The van der Waals surface area contributed by atoms with Gasteiger partial charge in [-0.25, -0.2) is 8.42 Å². The number of hydrogen-bond donors (Lipinski definition) is 0. The summed E-state index contributed by atoms with van der Waals surface area (Å²) in [7, 11) is -3.49. The zero-order chi connectivity index (χ0) is 21.7. The molecule has 8 nitrogen and oxygen atoms in total. The highest BCUT2D eigenvalue weighted by Gasteiger charge is 2.32. The van der Waals surface area contributed by atoms with Crippen LogP contribution in [0.5, 0.6) is 5.75 Å². The molecule has 1 amide bonds. The zero-order valence-corrected chi connectivity index (χ0v) is 18.9. The SMILES string of the molecule is O=C(C1CCCCN1CCOc1ccc(S(=O)(=O)N2CCOCC2)cc1)N1CCCC1. The Morgan fingerprint density at radius 1 is 0.968 bits per heavy atom. The second-order valence-corrected chi connectivity index (χ2v) is 10.4. The summed E-state index contributed by atoms with van der Waals surface area (Å²) in [4.78, 5) is 17.4. The fourth-order valence-corrected chi connectivity index (χ4v) is 6.02. The van der Waals surface area contributed by atoms with Gasteiger partial charge in [-0.1, -0.05) is 6.42 Å². The Balaban J connectivity index is 1.30. The van der Waals surface area contributed by atoms with Gasteiger partial charge in [-0.15, -0.1) is 0 Å². The van der Waals surface area contributed by atoms with Gasteiger partial charge in [0.2, 0.25) is 15.9 Å². The van der Waals surface area contributed by atoms with Gasteiger partial charge in [-0.2, -0.15) is 4.31 Å². The molecule has 3 aliphatic heterocycles. The smallest absolute Gasteiger partial charge is 0.243 e. The molecule has 31 heavy (non-hydrogen) atoms. The maximum absolute atomic E-state index is 12.9. The number of benzene rings is 1. The summed E-state index contributed by atoms with van der Waals surface area (Å²) >= 11 is 0. The number of likely N-dealkylation sites (tertiary alicyclic amines) is 2. The summed E-state index contributed by atoms with van der Waals surface area (Å²) in [5, 5.41) is 0. The minimum atomic E-state index is -3.49. The van der Waals surface area contributed by atoms with Gasteiger partial charge in [-0.05, 0) is 56.5 Å². The van der Waals surface area contributed by atoms with Crippen molar-refractivity contribution in [3.63, 3.8) is 0 Å². The van der Waals surface area contributed by atoms with Crippen LogP contribution in [0, 0.1) is 0 Å². The number of amides is 1. The van der Waals surface area contributed by atoms with Crippen molar-refractivity contribution >= 4 is 15.9 Å². The van der Waals surface area contributed by atoms with Gasteiger partial charge in [-0.3, -0.25) is 9.69 Å². The molecule has 0 aromatic heterocycles. The van der Waals surface area contributed by atoms with Crippen LogP contribution in [0.15, 0.2) is 29.2 Å². The molecular weight excluding hydrogens is 418 g/mol. The molecule has 172 valence electrons. The summed E-state index contributed by atoms with van der Waals surface area (Å²) in [6.45, 7) is 5.48. The van der Waals surface area contributed by atoms with Gasteiger partial charge in [0.05, 0.1) is 24.2 Å². The van der Waals surface area contributed by atoms with E-state index < -0.39 is 10.0 Å². The first-order valence-corrected chi connectivity index (χ1v) is 12.8. The van der Waals surface area contributed by atoms with Crippen LogP contribution < -0.4 is 4.74 Å². The Morgan fingerprint density at radius 3 is 2.35 bits per heavy atom. The summed E-state index contributed by atoms with van der Waals surface area (Å²) in [6.07, 6.45) is 5.35. The first-order chi connectivity index (χ1) is 15.1. The van der Waals surface area contributed by atoms with Crippen molar-refractivity contribution < 1.29 is 22.7 Å². The van der Waals surface area contributed by atoms with Crippen LogP contribution in [-0.4, -0.2) is 93.6 Å². The van der Waals surface area contributed by atoms with Crippen LogP contribution in [0.3, 0.4) is 0 Å². The highest BCUT2D eigenvalue weighted by molar-refractivity contribution is 7.89. The molecule has 1 unspecified atom stereocenters. The van der Waals surface area contributed by atoms with E-state index in [1.165, 1.54) is 4.31 Å². The molecule has 4 rings (SSSR count). The van der Waals surface area contributed by atoms with Crippen molar-refractivity contribution in [2.24, 2.45) is 0 Å². The molecule has 0 N–H and O–H groups in total. The highest BCUT2D eigenvalue weighted by atomic mass is 32.2. The Labute approximate surface area is 185 Å². The number of hydrogen-bond acceptors (Lipinski definition) is 6. The van der Waals surface area contributed by atoms with Gasteiger partial charge in [0, 0.05) is 32.7 Å². The quantitative estimate of drug-likeness (QED) is 0.626. The van der Waals surface area contributed by atoms with Gasteiger partial charge in [0.25, 0.3) is 0 Å². The lowest BCUT2D eigenvalue weighted by atomic mass is 10.0. The first kappa shape index (κ1) is 22.5. The van der Waals surface area contributed by atoms with Crippen molar-refractivity contribution in [2.45, 2.75) is 43.0 Å². The normalized spacial score (nSPS) is 23.7. The maximum Gasteiger partial charge on any atom is 0.243 e. The van der Waals surface area contributed by atoms with Crippen molar-refractivity contribution in [1.82, 2.24) is 14.1 Å². The molecule has 0 bridgehead atoms. The van der Waals surface area contributed by atoms with Crippen LogP contribution in [-0.2, 0) is 19.6 Å². The van der Waals surface area contributed by atoms with Gasteiger partial charge in [0.15, 0.2) is 0 Å². The van der Waals surface area contributed by atoms with Gasteiger partial charge in [0.1, 0.15) is 12.4 Å². The maximum atomic E-state index is 12.9. The van der Waals surface area contributed by atoms with Crippen LogP contribution >= 0.6 is 0 Å². The van der Waals surface area contributed by atoms with Gasteiger partial charge < -0.3 is 14.4 Å². The molecule has 1 aromatic rings. The molecule has 3 heterocycles. The second kappa shape index (κ2) is 10.3. The molecule has 9 heteroatoms. The molecule has 1 aromatic carbocycles. The lowest BCUT2D eigenvalue weighted by Gasteiger charge is -2.36. The number of piperidine rings is 1. The van der Waals surface area contributed by atoms with Crippen molar-refractivity contribution in [1.29, 1.82) is 0 Å². The molecular formula is C22H33N3O5S. The number of carbonyl (C=O) groups is 1. The molecule has 0 radical (unpaired) electrons. The summed E-state index contributed by atoms with van der Waals surface area (Å²) in [5.41, 5.74) is 0. The van der Waals surface area contributed by atoms with Crippen molar-refractivity contribution in [3.8, 4) is 5.75 Å². The standard InChI is InChI=1S/C22H33N3O5S/c26-22(24-11-3-4-12-24)21-5-1-2-10-23(21)13-18-30-19-6-8-20(9-7-19)31(27,28)25-14-16-29-17-15-25/h6-9,21H,1-5,10-18H2. The third-order valence-electron chi connectivity index (χ3n) is 6.40. The topological polar surface area (TPSA) is 79.4 Å². The van der Waals surface area contributed by atoms with Crippen LogP contribution in [0.2, 0.25) is 0 Å². The minimum Gasteiger partial charge on any atom is -0.492 e. The Kier molecular flexibility index (Phi) is 7.47. The van der Waals surface area contributed by atoms with E-state index in [2.05, 4.69) is 4.90 Å².